The first-order valence-corrected chi connectivity index (χ1v) is 6.68. The first-order chi connectivity index (χ1) is 8.65. The van der Waals surface area contributed by atoms with Crippen LogP contribution in [0.2, 0.25) is 0 Å². The second kappa shape index (κ2) is 10.3. The topological polar surface area (TPSA) is 60.4 Å². The molecule has 1 rings (SSSR count). The summed E-state index contributed by atoms with van der Waals surface area (Å²) in [5, 5.41) is 20.4. The minimum Gasteiger partial charge on any atom is -0.872 e. The molecular weight excluding hydrogens is 251 g/mol. The predicted octanol–water partition coefficient (Wildman–Crippen LogP) is 0.365. The monoisotopic (exact) mass is 272 g/mol. The van der Waals surface area contributed by atoms with Crippen molar-refractivity contribution in [2.45, 2.75) is 51.9 Å². The van der Waals surface area contributed by atoms with E-state index in [-0.39, 0.29) is 40.9 Å². The summed E-state index contributed by atoms with van der Waals surface area (Å²) in [7, 11) is 0. The van der Waals surface area contributed by atoms with E-state index in [2.05, 4.69) is 6.92 Å². The zero-order valence-electron chi connectivity index (χ0n) is 11.9. The van der Waals surface area contributed by atoms with E-state index in [9.17, 15) is 9.90 Å². The summed E-state index contributed by atoms with van der Waals surface area (Å²) in [4.78, 5) is 10.8. The van der Waals surface area contributed by atoms with Gasteiger partial charge in [-0.05, 0) is 25.0 Å². The molecule has 0 radical (unpaired) electrons. The Hall–Kier alpha value is -0.510. The molecule has 1 aromatic carbocycles. The van der Waals surface area contributed by atoms with Gasteiger partial charge >= 0.3 is 35.5 Å². The minimum absolute atomic E-state index is 0. The second-order valence-electron chi connectivity index (χ2n) is 4.65. The van der Waals surface area contributed by atoms with E-state index < -0.39 is 5.97 Å². The van der Waals surface area contributed by atoms with Crippen LogP contribution < -0.4 is 34.7 Å². The molecule has 0 fully saturated rings. The van der Waals surface area contributed by atoms with Crippen molar-refractivity contribution in [3.63, 3.8) is 0 Å². The zero-order chi connectivity index (χ0) is 13.4. The fourth-order valence-corrected chi connectivity index (χ4v) is 2.00. The second-order valence-corrected chi connectivity index (χ2v) is 4.65. The molecule has 0 bridgehead atoms. The Morgan fingerprint density at radius 2 is 1.79 bits per heavy atom. The van der Waals surface area contributed by atoms with E-state index in [1.807, 2.05) is 0 Å². The molecule has 0 atom stereocenters. The molecule has 19 heavy (non-hydrogen) atoms. The summed E-state index contributed by atoms with van der Waals surface area (Å²) in [5.41, 5.74) is 0.834. The molecule has 0 aliphatic rings. The average Bonchev–Trinajstić information content (AvgIpc) is 2.35. The van der Waals surface area contributed by atoms with Crippen LogP contribution in [0.3, 0.4) is 0 Å². The fourth-order valence-electron chi connectivity index (χ4n) is 2.00. The van der Waals surface area contributed by atoms with Gasteiger partial charge in [0, 0.05) is 0 Å². The maximum absolute atomic E-state index is 11.6. The Labute approximate surface area is 137 Å². The minimum atomic E-state index is -0.973. The van der Waals surface area contributed by atoms with Gasteiger partial charge in [0.1, 0.15) is 0 Å². The van der Waals surface area contributed by atoms with Crippen LogP contribution in [0.5, 0.6) is 5.75 Å². The van der Waals surface area contributed by atoms with Crippen molar-refractivity contribution >= 4 is 5.97 Å². The third kappa shape index (κ3) is 7.00. The number of unbranched alkanes of at least 4 members (excludes halogenated alkanes) is 5. The van der Waals surface area contributed by atoms with Crippen LogP contribution in [0.1, 0.15) is 61.4 Å². The summed E-state index contributed by atoms with van der Waals surface area (Å²) in [6.45, 7) is 2.18. The number of rotatable bonds is 8. The van der Waals surface area contributed by atoms with E-state index in [0.29, 0.717) is 12.0 Å². The number of hydrogen-bond acceptors (Lipinski definition) is 2. The fraction of sp³-hybridized carbons (Fsp3) is 0.533. The van der Waals surface area contributed by atoms with Crippen LogP contribution >= 0.6 is 0 Å². The number of aryl methyl sites for hydroxylation is 1. The van der Waals surface area contributed by atoms with Gasteiger partial charge in [-0.3, -0.25) is 0 Å². The Bertz CT molecular complexity index is 391. The Morgan fingerprint density at radius 3 is 2.42 bits per heavy atom. The zero-order valence-corrected chi connectivity index (χ0v) is 13.9. The van der Waals surface area contributed by atoms with E-state index in [1.54, 1.807) is 0 Å². The third-order valence-corrected chi connectivity index (χ3v) is 3.11. The van der Waals surface area contributed by atoms with Crippen LogP contribution in [0.4, 0.5) is 0 Å². The Morgan fingerprint density at radius 1 is 1.16 bits per heavy atom. The van der Waals surface area contributed by atoms with Crippen molar-refractivity contribution < 1.29 is 44.6 Å². The SMILES string of the molecule is CCCCCCCCc1cc(C(=O)O)ccc1[O-].[Na+]. The average molecular weight is 272 g/mol. The van der Waals surface area contributed by atoms with Crippen LogP contribution in [0.15, 0.2) is 18.2 Å². The largest absolute Gasteiger partial charge is 1.00 e. The molecule has 1 N–H and O–H groups in total. The van der Waals surface area contributed by atoms with Crippen LogP contribution in [0.25, 0.3) is 0 Å². The van der Waals surface area contributed by atoms with Gasteiger partial charge in [0.25, 0.3) is 0 Å². The molecule has 0 aliphatic heterocycles. The number of carboxylic acids is 1. The van der Waals surface area contributed by atoms with Crippen LogP contribution in [-0.2, 0) is 6.42 Å². The number of carboxylic acid groups (broad SMARTS) is 1. The van der Waals surface area contributed by atoms with Gasteiger partial charge in [-0.1, -0.05) is 50.7 Å². The van der Waals surface area contributed by atoms with Crippen molar-refractivity contribution in [3.05, 3.63) is 29.3 Å². The van der Waals surface area contributed by atoms with Gasteiger partial charge in [0.15, 0.2) is 0 Å². The summed E-state index contributed by atoms with van der Waals surface area (Å²) >= 11 is 0. The van der Waals surface area contributed by atoms with Gasteiger partial charge in [0.05, 0.1) is 5.56 Å². The number of hydrogen-bond donors (Lipinski definition) is 1. The smallest absolute Gasteiger partial charge is 0.872 e. The quantitative estimate of drug-likeness (QED) is 0.549. The molecule has 0 spiro atoms. The number of carbonyl (C=O) groups is 1. The summed E-state index contributed by atoms with van der Waals surface area (Å²) in [5.74, 6) is -1.02. The van der Waals surface area contributed by atoms with Crippen molar-refractivity contribution in [2.75, 3.05) is 0 Å². The van der Waals surface area contributed by atoms with Gasteiger partial charge in [-0.2, -0.15) is 0 Å². The molecule has 100 valence electrons. The third-order valence-electron chi connectivity index (χ3n) is 3.11. The van der Waals surface area contributed by atoms with Crippen molar-refractivity contribution in [1.29, 1.82) is 0 Å². The number of aromatic carboxylic acids is 1. The maximum Gasteiger partial charge on any atom is 1.00 e. The molecule has 0 saturated heterocycles. The van der Waals surface area contributed by atoms with Gasteiger partial charge in [0.2, 0.25) is 0 Å². The predicted molar refractivity (Wildman–Crippen MR) is 69.9 cm³/mol. The standard InChI is InChI=1S/C15H22O3.Na/c1-2-3-4-5-6-7-8-12-11-13(15(17)18)9-10-14(12)16;/h9-11,16H,2-8H2,1H3,(H,17,18);/q;+1/p-1. The van der Waals surface area contributed by atoms with E-state index in [1.165, 1.54) is 43.9 Å². The van der Waals surface area contributed by atoms with E-state index in [4.69, 9.17) is 5.11 Å². The molecule has 0 aromatic heterocycles. The van der Waals surface area contributed by atoms with Gasteiger partial charge in [-0.25, -0.2) is 4.79 Å². The Kier molecular flexibility index (Phi) is 10.0. The molecule has 1 aromatic rings. The molecule has 0 unspecified atom stereocenters. The van der Waals surface area contributed by atoms with Gasteiger partial charge in [-0.15, -0.1) is 5.75 Å². The normalized spacial score (nSPS) is 9.95. The Balaban J connectivity index is 0.00000324. The van der Waals surface area contributed by atoms with Crippen molar-refractivity contribution in [1.82, 2.24) is 0 Å². The van der Waals surface area contributed by atoms with E-state index >= 15 is 0 Å². The van der Waals surface area contributed by atoms with E-state index in [0.717, 1.165) is 12.8 Å². The molecule has 0 aliphatic carbocycles. The molecule has 0 heterocycles. The first-order valence-electron chi connectivity index (χ1n) is 6.68. The van der Waals surface area contributed by atoms with Crippen LogP contribution in [0, 0.1) is 0 Å². The van der Waals surface area contributed by atoms with Crippen molar-refractivity contribution in [2.24, 2.45) is 0 Å². The van der Waals surface area contributed by atoms with Crippen LogP contribution in [-0.4, -0.2) is 11.1 Å². The molecule has 4 heteroatoms. The molecular formula is C15H21NaO3. The summed E-state index contributed by atoms with van der Waals surface area (Å²) < 4.78 is 0. The summed E-state index contributed by atoms with van der Waals surface area (Å²) in [6.07, 6.45) is 7.69. The van der Waals surface area contributed by atoms with Gasteiger partial charge < -0.3 is 10.2 Å². The first kappa shape index (κ1) is 18.5. The number of benzene rings is 1. The van der Waals surface area contributed by atoms with Crippen molar-refractivity contribution in [3.8, 4) is 5.75 Å². The maximum atomic E-state index is 11.6. The molecule has 3 nitrogen and oxygen atoms in total. The molecule has 0 amide bonds. The summed E-state index contributed by atoms with van der Waals surface area (Å²) in [6, 6.07) is 4.24. The molecule has 0 saturated carbocycles.